The summed E-state index contributed by atoms with van der Waals surface area (Å²) in [6.45, 7) is 2.73. The highest BCUT2D eigenvalue weighted by atomic mass is 16.1. The van der Waals surface area contributed by atoms with Gasteiger partial charge >= 0.3 is 0 Å². The van der Waals surface area contributed by atoms with Gasteiger partial charge in [-0.2, -0.15) is 5.10 Å². The summed E-state index contributed by atoms with van der Waals surface area (Å²) in [7, 11) is 1.93. The Morgan fingerprint density at radius 2 is 2.28 bits per heavy atom. The van der Waals surface area contributed by atoms with Gasteiger partial charge in [0, 0.05) is 55.8 Å². The average molecular weight is 244 g/mol. The third-order valence-electron chi connectivity index (χ3n) is 3.56. The van der Waals surface area contributed by atoms with Gasteiger partial charge in [0.15, 0.2) is 0 Å². The van der Waals surface area contributed by atoms with Gasteiger partial charge in [0.2, 0.25) is 0 Å². The van der Waals surface area contributed by atoms with Crippen LogP contribution in [0.15, 0.2) is 12.4 Å². The molecule has 0 aliphatic carbocycles. The summed E-state index contributed by atoms with van der Waals surface area (Å²) in [6.07, 6.45) is 4.86. The number of Topliss-reactive ketones (excluding diaryl/α,β-unsaturated/α-hetero) is 1. The first-order valence-corrected chi connectivity index (χ1v) is 6.19. The van der Waals surface area contributed by atoms with Crippen LogP contribution in [0.2, 0.25) is 0 Å². The molecule has 0 aromatic carbocycles. The number of nitrogens with one attached hydrogen (secondary N) is 1. The Bertz CT molecular complexity index is 617. The second-order valence-corrected chi connectivity index (χ2v) is 4.83. The third-order valence-corrected chi connectivity index (χ3v) is 3.56. The summed E-state index contributed by atoms with van der Waals surface area (Å²) in [5.74, 6) is 0.314. The molecule has 5 heteroatoms. The van der Waals surface area contributed by atoms with Crippen LogP contribution >= 0.6 is 0 Å². The molecule has 0 spiro atoms. The number of carbonyl (C=O) groups excluding carboxylic acids is 1. The Morgan fingerprint density at radius 3 is 3.06 bits per heavy atom. The van der Waals surface area contributed by atoms with E-state index in [0.717, 1.165) is 28.7 Å². The topological polar surface area (TPSA) is 59.8 Å². The van der Waals surface area contributed by atoms with Gasteiger partial charge in [-0.1, -0.05) is 0 Å². The van der Waals surface area contributed by atoms with Crippen molar-refractivity contribution in [2.75, 3.05) is 6.54 Å². The van der Waals surface area contributed by atoms with Crippen molar-refractivity contribution in [2.24, 2.45) is 7.05 Å². The molecule has 2 aromatic heterocycles. The fraction of sp³-hybridized carbons (Fsp3) is 0.462. The van der Waals surface area contributed by atoms with E-state index in [2.05, 4.69) is 15.4 Å². The number of ketones is 1. The summed E-state index contributed by atoms with van der Waals surface area (Å²) in [6, 6.07) is 0.0669. The van der Waals surface area contributed by atoms with Crippen molar-refractivity contribution in [3.8, 4) is 0 Å². The number of piperidine rings is 1. The predicted octanol–water partition coefficient (Wildman–Crippen LogP) is 1.27. The van der Waals surface area contributed by atoms with E-state index < -0.39 is 0 Å². The van der Waals surface area contributed by atoms with Gasteiger partial charge in [-0.15, -0.1) is 0 Å². The van der Waals surface area contributed by atoms with Crippen molar-refractivity contribution in [3.05, 3.63) is 23.7 Å². The monoisotopic (exact) mass is 244 g/mol. The number of hydrogen-bond acceptors (Lipinski definition) is 4. The second-order valence-electron chi connectivity index (χ2n) is 4.83. The number of carbonyl (C=O) groups is 1. The van der Waals surface area contributed by atoms with Crippen LogP contribution in [0.25, 0.3) is 10.9 Å². The van der Waals surface area contributed by atoms with Crippen LogP contribution < -0.4 is 5.32 Å². The average Bonchev–Trinajstić information content (AvgIpc) is 2.65. The fourth-order valence-electron chi connectivity index (χ4n) is 2.69. The van der Waals surface area contributed by atoms with Crippen molar-refractivity contribution in [3.63, 3.8) is 0 Å². The van der Waals surface area contributed by atoms with Crippen LogP contribution in [0, 0.1) is 6.92 Å². The second kappa shape index (κ2) is 4.17. The van der Waals surface area contributed by atoms with Gasteiger partial charge < -0.3 is 5.32 Å². The van der Waals surface area contributed by atoms with E-state index in [1.807, 2.05) is 31.0 Å². The van der Waals surface area contributed by atoms with E-state index in [1.165, 1.54) is 0 Å². The number of fused-ring (bicyclic) bond motifs is 1. The lowest BCUT2D eigenvalue weighted by molar-refractivity contribution is -0.120. The van der Waals surface area contributed by atoms with Crippen LogP contribution in [0.5, 0.6) is 0 Å². The predicted molar refractivity (Wildman–Crippen MR) is 68.2 cm³/mol. The molecule has 5 nitrogen and oxygen atoms in total. The van der Waals surface area contributed by atoms with Crippen LogP contribution in [-0.4, -0.2) is 27.1 Å². The highest BCUT2D eigenvalue weighted by Crippen LogP contribution is 2.28. The molecule has 0 amide bonds. The van der Waals surface area contributed by atoms with Crippen LogP contribution in [0.4, 0.5) is 0 Å². The zero-order chi connectivity index (χ0) is 12.7. The fourth-order valence-corrected chi connectivity index (χ4v) is 2.69. The lowest BCUT2D eigenvalue weighted by Gasteiger charge is -2.23. The molecule has 94 valence electrons. The quantitative estimate of drug-likeness (QED) is 0.820. The van der Waals surface area contributed by atoms with E-state index in [1.54, 1.807) is 0 Å². The van der Waals surface area contributed by atoms with Gasteiger partial charge in [-0.05, 0) is 6.92 Å². The highest BCUT2D eigenvalue weighted by Gasteiger charge is 2.23. The summed E-state index contributed by atoms with van der Waals surface area (Å²) >= 11 is 0. The van der Waals surface area contributed by atoms with Crippen molar-refractivity contribution >= 4 is 16.7 Å². The minimum atomic E-state index is 0.0669. The molecule has 3 heterocycles. The number of nitrogens with zero attached hydrogens (tertiary/aromatic N) is 3. The molecule has 1 aliphatic heterocycles. The van der Waals surface area contributed by atoms with E-state index in [4.69, 9.17) is 0 Å². The summed E-state index contributed by atoms with van der Waals surface area (Å²) in [5, 5.41) is 8.89. The molecule has 0 saturated carbocycles. The smallest absolute Gasteiger partial charge is 0.136 e. The molecule has 1 unspecified atom stereocenters. The zero-order valence-electron chi connectivity index (χ0n) is 10.6. The largest absolute Gasteiger partial charge is 0.309 e. The molecule has 2 aromatic rings. The number of pyridine rings is 1. The van der Waals surface area contributed by atoms with Crippen molar-refractivity contribution in [2.45, 2.75) is 25.8 Å². The van der Waals surface area contributed by atoms with Crippen molar-refractivity contribution in [1.82, 2.24) is 20.1 Å². The first-order valence-electron chi connectivity index (χ1n) is 6.19. The molecule has 1 atom stereocenters. The standard InChI is InChI=1S/C13H16N4O/c1-8-10-6-14-7-11(13(10)17(2)16-8)12-5-9(18)3-4-15-12/h6-7,12,15H,3-5H2,1-2H3. The molecule has 1 N–H and O–H groups in total. The maximum absolute atomic E-state index is 11.6. The van der Waals surface area contributed by atoms with E-state index in [0.29, 0.717) is 18.6 Å². The SMILES string of the molecule is Cc1nn(C)c2c(C3CC(=O)CCN3)cncc12. The van der Waals surface area contributed by atoms with Crippen molar-refractivity contribution in [1.29, 1.82) is 0 Å². The first kappa shape index (κ1) is 11.3. The Labute approximate surface area is 105 Å². The van der Waals surface area contributed by atoms with Gasteiger partial charge in [0.25, 0.3) is 0 Å². The summed E-state index contributed by atoms with van der Waals surface area (Å²) in [4.78, 5) is 15.9. The van der Waals surface area contributed by atoms with Gasteiger partial charge in [0.1, 0.15) is 5.78 Å². The minimum Gasteiger partial charge on any atom is -0.309 e. The van der Waals surface area contributed by atoms with E-state index in [-0.39, 0.29) is 6.04 Å². The normalized spacial score (nSPS) is 20.6. The Balaban J connectivity index is 2.14. The lowest BCUT2D eigenvalue weighted by Crippen LogP contribution is -2.32. The Hall–Kier alpha value is -1.75. The Morgan fingerprint density at radius 1 is 1.44 bits per heavy atom. The number of rotatable bonds is 1. The van der Waals surface area contributed by atoms with E-state index in [9.17, 15) is 4.79 Å². The minimum absolute atomic E-state index is 0.0669. The van der Waals surface area contributed by atoms with Gasteiger partial charge in [-0.25, -0.2) is 0 Å². The molecular weight excluding hydrogens is 228 g/mol. The van der Waals surface area contributed by atoms with Gasteiger partial charge in [0.05, 0.1) is 11.2 Å². The Kier molecular flexibility index (Phi) is 2.63. The highest BCUT2D eigenvalue weighted by molar-refractivity contribution is 5.86. The molecule has 0 bridgehead atoms. The van der Waals surface area contributed by atoms with E-state index >= 15 is 0 Å². The molecular formula is C13H16N4O. The molecule has 1 aliphatic rings. The third kappa shape index (κ3) is 1.71. The molecule has 1 fully saturated rings. The number of hydrogen-bond donors (Lipinski definition) is 1. The number of aryl methyl sites for hydroxylation is 2. The first-order chi connectivity index (χ1) is 8.66. The number of aromatic nitrogens is 3. The summed E-state index contributed by atoms with van der Waals surface area (Å²) < 4.78 is 1.88. The molecule has 3 rings (SSSR count). The molecule has 18 heavy (non-hydrogen) atoms. The lowest BCUT2D eigenvalue weighted by atomic mass is 9.96. The molecule has 0 radical (unpaired) electrons. The maximum atomic E-state index is 11.6. The summed E-state index contributed by atoms with van der Waals surface area (Å²) in [5.41, 5.74) is 3.13. The van der Waals surface area contributed by atoms with Crippen LogP contribution in [0.1, 0.15) is 30.1 Å². The van der Waals surface area contributed by atoms with Gasteiger partial charge in [-0.3, -0.25) is 14.5 Å². The van der Waals surface area contributed by atoms with Crippen LogP contribution in [0.3, 0.4) is 0 Å². The zero-order valence-corrected chi connectivity index (χ0v) is 10.6. The van der Waals surface area contributed by atoms with Crippen molar-refractivity contribution < 1.29 is 4.79 Å². The maximum Gasteiger partial charge on any atom is 0.136 e. The van der Waals surface area contributed by atoms with Crippen LogP contribution in [-0.2, 0) is 11.8 Å². The molecule has 1 saturated heterocycles.